The van der Waals surface area contributed by atoms with Crippen LogP contribution in [0.15, 0.2) is 72.8 Å². The standard InChI is InChI=1S/C23H18F2N2OS/c1-23(15-7-3-2-4-8-15,14-21-26-19-9-5-6-10-20(19)29-21)22(28)27-18-12-11-16(24)13-17(18)25/h2-13H,14H2,1H3,(H,27,28). The molecule has 1 amide bonds. The van der Waals surface area contributed by atoms with Crippen LogP contribution >= 0.6 is 11.3 Å². The lowest BCUT2D eigenvalue weighted by molar-refractivity contribution is -0.121. The maximum atomic E-state index is 14.1. The highest BCUT2D eigenvalue weighted by atomic mass is 32.1. The molecule has 0 fully saturated rings. The lowest BCUT2D eigenvalue weighted by Gasteiger charge is -2.28. The van der Waals surface area contributed by atoms with Gasteiger partial charge in [0, 0.05) is 12.5 Å². The van der Waals surface area contributed by atoms with Gasteiger partial charge in [-0.1, -0.05) is 42.5 Å². The predicted molar refractivity (Wildman–Crippen MR) is 112 cm³/mol. The number of hydrogen-bond acceptors (Lipinski definition) is 3. The van der Waals surface area contributed by atoms with Crippen molar-refractivity contribution in [2.24, 2.45) is 0 Å². The summed E-state index contributed by atoms with van der Waals surface area (Å²) in [4.78, 5) is 18.0. The highest BCUT2D eigenvalue weighted by Crippen LogP contribution is 2.33. The Hall–Kier alpha value is -3.12. The van der Waals surface area contributed by atoms with E-state index in [1.54, 1.807) is 0 Å². The van der Waals surface area contributed by atoms with E-state index in [1.165, 1.54) is 17.4 Å². The molecule has 29 heavy (non-hydrogen) atoms. The number of benzene rings is 3. The summed E-state index contributed by atoms with van der Waals surface area (Å²) in [5, 5.41) is 3.44. The average Bonchev–Trinajstić information content (AvgIpc) is 3.12. The van der Waals surface area contributed by atoms with E-state index in [0.29, 0.717) is 6.42 Å². The van der Waals surface area contributed by atoms with E-state index in [4.69, 9.17) is 0 Å². The van der Waals surface area contributed by atoms with Crippen LogP contribution < -0.4 is 5.32 Å². The van der Waals surface area contributed by atoms with E-state index < -0.39 is 17.0 Å². The van der Waals surface area contributed by atoms with Gasteiger partial charge in [-0.25, -0.2) is 13.8 Å². The van der Waals surface area contributed by atoms with Gasteiger partial charge in [0.15, 0.2) is 0 Å². The van der Waals surface area contributed by atoms with E-state index in [9.17, 15) is 13.6 Å². The smallest absolute Gasteiger partial charge is 0.235 e. The van der Waals surface area contributed by atoms with E-state index in [0.717, 1.165) is 32.9 Å². The number of fused-ring (bicyclic) bond motifs is 1. The summed E-state index contributed by atoms with van der Waals surface area (Å²) in [6.45, 7) is 1.81. The fraction of sp³-hybridized carbons (Fsp3) is 0.130. The van der Waals surface area contributed by atoms with Crippen molar-refractivity contribution in [3.8, 4) is 0 Å². The first kappa shape index (κ1) is 19.2. The third-order valence-electron chi connectivity index (χ3n) is 4.93. The highest BCUT2D eigenvalue weighted by Gasteiger charge is 2.37. The molecular weight excluding hydrogens is 390 g/mol. The summed E-state index contributed by atoms with van der Waals surface area (Å²) < 4.78 is 28.4. The first-order valence-electron chi connectivity index (χ1n) is 9.12. The van der Waals surface area contributed by atoms with Crippen LogP contribution in [0.5, 0.6) is 0 Å². The number of rotatable bonds is 5. The fourth-order valence-corrected chi connectivity index (χ4v) is 4.39. The quantitative estimate of drug-likeness (QED) is 0.459. The fourth-order valence-electron chi connectivity index (χ4n) is 3.27. The molecule has 1 N–H and O–H groups in total. The van der Waals surface area contributed by atoms with E-state index in [2.05, 4.69) is 10.3 Å². The first-order valence-corrected chi connectivity index (χ1v) is 9.94. The van der Waals surface area contributed by atoms with Crippen molar-refractivity contribution < 1.29 is 13.6 Å². The topological polar surface area (TPSA) is 42.0 Å². The lowest BCUT2D eigenvalue weighted by Crippen LogP contribution is -2.39. The van der Waals surface area contributed by atoms with Gasteiger partial charge in [-0.3, -0.25) is 4.79 Å². The van der Waals surface area contributed by atoms with Gasteiger partial charge in [0.2, 0.25) is 5.91 Å². The van der Waals surface area contributed by atoms with Gasteiger partial charge in [0.1, 0.15) is 11.6 Å². The zero-order chi connectivity index (χ0) is 20.4. The maximum absolute atomic E-state index is 14.1. The minimum Gasteiger partial charge on any atom is -0.323 e. The number of thiazole rings is 1. The van der Waals surface area contributed by atoms with Crippen LogP contribution in [0, 0.1) is 11.6 Å². The van der Waals surface area contributed by atoms with Crippen molar-refractivity contribution in [2.45, 2.75) is 18.8 Å². The van der Waals surface area contributed by atoms with Gasteiger partial charge in [-0.2, -0.15) is 0 Å². The summed E-state index contributed by atoms with van der Waals surface area (Å²) in [5.41, 5.74) is 0.630. The molecule has 1 aromatic heterocycles. The Morgan fingerprint density at radius 2 is 1.76 bits per heavy atom. The third-order valence-corrected chi connectivity index (χ3v) is 5.97. The average molecular weight is 408 g/mol. The molecular formula is C23H18F2N2OS. The number of amides is 1. The summed E-state index contributed by atoms with van der Waals surface area (Å²) >= 11 is 1.53. The number of halogens is 2. The molecule has 0 aliphatic rings. The molecule has 0 bridgehead atoms. The van der Waals surface area contributed by atoms with Crippen molar-refractivity contribution >= 4 is 33.1 Å². The van der Waals surface area contributed by atoms with Crippen molar-refractivity contribution in [1.82, 2.24) is 4.98 Å². The van der Waals surface area contributed by atoms with Gasteiger partial charge in [-0.05, 0) is 36.8 Å². The van der Waals surface area contributed by atoms with Gasteiger partial charge in [0.25, 0.3) is 0 Å². The molecule has 1 heterocycles. The van der Waals surface area contributed by atoms with Gasteiger partial charge >= 0.3 is 0 Å². The number of anilines is 1. The van der Waals surface area contributed by atoms with Crippen molar-refractivity contribution in [3.05, 3.63) is 95.0 Å². The molecule has 1 atom stereocenters. The minimum absolute atomic E-state index is 0.0529. The zero-order valence-electron chi connectivity index (χ0n) is 15.7. The van der Waals surface area contributed by atoms with Crippen LogP contribution in [0.3, 0.4) is 0 Å². The summed E-state index contributed by atoms with van der Waals surface area (Å²) in [6.07, 6.45) is 0.352. The molecule has 0 aliphatic carbocycles. The maximum Gasteiger partial charge on any atom is 0.235 e. The Balaban J connectivity index is 1.71. The van der Waals surface area contributed by atoms with Crippen LogP contribution in [-0.4, -0.2) is 10.9 Å². The number of nitrogens with zero attached hydrogens (tertiary/aromatic N) is 1. The number of carbonyl (C=O) groups excluding carboxylic acids is 1. The number of nitrogens with one attached hydrogen (secondary N) is 1. The third kappa shape index (κ3) is 3.89. The number of aromatic nitrogens is 1. The van der Waals surface area contributed by atoms with Crippen LogP contribution in [0.4, 0.5) is 14.5 Å². The van der Waals surface area contributed by atoms with Gasteiger partial charge in [0.05, 0.1) is 26.3 Å². The summed E-state index contributed by atoms with van der Waals surface area (Å²) in [7, 11) is 0. The van der Waals surface area contributed by atoms with Crippen molar-refractivity contribution in [2.75, 3.05) is 5.32 Å². The Bertz CT molecular complexity index is 1140. The normalized spacial score (nSPS) is 13.2. The highest BCUT2D eigenvalue weighted by molar-refractivity contribution is 7.18. The summed E-state index contributed by atoms with van der Waals surface area (Å²) in [6, 6.07) is 20.2. The molecule has 4 aromatic rings. The van der Waals surface area contributed by atoms with Gasteiger partial charge in [-0.15, -0.1) is 11.3 Å². The second-order valence-electron chi connectivity index (χ2n) is 7.03. The first-order chi connectivity index (χ1) is 14.0. The number of para-hydroxylation sites is 1. The summed E-state index contributed by atoms with van der Waals surface area (Å²) in [5.74, 6) is -1.89. The molecule has 146 valence electrons. The second-order valence-corrected chi connectivity index (χ2v) is 8.14. The molecule has 0 saturated carbocycles. The predicted octanol–water partition coefficient (Wildman–Crippen LogP) is 5.71. The van der Waals surface area contributed by atoms with E-state index in [-0.39, 0.29) is 11.6 Å². The molecule has 0 aliphatic heterocycles. The van der Waals surface area contributed by atoms with Crippen molar-refractivity contribution in [3.63, 3.8) is 0 Å². The Kier molecular flexibility index (Phi) is 5.11. The monoisotopic (exact) mass is 408 g/mol. The minimum atomic E-state index is -0.990. The van der Waals surface area contributed by atoms with Crippen LogP contribution in [0.25, 0.3) is 10.2 Å². The molecule has 3 nitrogen and oxygen atoms in total. The number of hydrogen-bond donors (Lipinski definition) is 1. The number of carbonyl (C=O) groups is 1. The van der Waals surface area contributed by atoms with Crippen molar-refractivity contribution in [1.29, 1.82) is 0 Å². The van der Waals surface area contributed by atoms with Crippen LogP contribution in [0.2, 0.25) is 0 Å². The zero-order valence-corrected chi connectivity index (χ0v) is 16.5. The SMILES string of the molecule is CC(Cc1nc2ccccc2s1)(C(=O)Nc1ccc(F)cc1F)c1ccccc1. The molecule has 6 heteroatoms. The molecule has 0 saturated heterocycles. The molecule has 0 radical (unpaired) electrons. The molecule has 4 rings (SSSR count). The Morgan fingerprint density at radius 3 is 2.48 bits per heavy atom. The lowest BCUT2D eigenvalue weighted by atomic mass is 9.78. The van der Waals surface area contributed by atoms with E-state index in [1.807, 2.05) is 61.5 Å². The molecule has 3 aromatic carbocycles. The molecule has 1 unspecified atom stereocenters. The largest absolute Gasteiger partial charge is 0.323 e. The second kappa shape index (κ2) is 7.72. The van der Waals surface area contributed by atoms with Crippen LogP contribution in [0.1, 0.15) is 17.5 Å². The van der Waals surface area contributed by atoms with E-state index >= 15 is 0 Å². The Labute approximate surface area is 171 Å². The Morgan fingerprint density at radius 1 is 1.03 bits per heavy atom. The van der Waals surface area contributed by atoms with Crippen LogP contribution in [-0.2, 0) is 16.6 Å². The van der Waals surface area contributed by atoms with Gasteiger partial charge < -0.3 is 5.32 Å². The molecule has 0 spiro atoms.